The van der Waals surface area contributed by atoms with Gasteiger partial charge in [0.15, 0.2) is 0 Å². The lowest BCUT2D eigenvalue weighted by atomic mass is 10.1. The SMILES string of the molecule is Cc1ccc(S(=O)(=O)N(C)c2ccccc2C(=O)NCCOc2ccccc2)cc1. The first-order valence-corrected chi connectivity index (χ1v) is 10.9. The molecule has 30 heavy (non-hydrogen) atoms. The number of aryl methyl sites for hydroxylation is 1. The van der Waals surface area contributed by atoms with Gasteiger partial charge in [0.25, 0.3) is 15.9 Å². The number of anilines is 1. The molecule has 0 bridgehead atoms. The molecule has 1 N–H and O–H groups in total. The number of hydrogen-bond acceptors (Lipinski definition) is 4. The minimum absolute atomic E-state index is 0.169. The number of benzene rings is 3. The molecule has 0 aliphatic rings. The number of amides is 1. The first kappa shape index (κ1) is 21.4. The average Bonchev–Trinajstić information content (AvgIpc) is 2.77. The van der Waals surface area contributed by atoms with Crippen LogP contribution in [0.1, 0.15) is 15.9 Å². The molecule has 0 saturated heterocycles. The van der Waals surface area contributed by atoms with Gasteiger partial charge in [0, 0.05) is 7.05 Å². The number of rotatable bonds is 8. The molecule has 3 aromatic carbocycles. The Morgan fingerprint density at radius 1 is 0.933 bits per heavy atom. The normalized spacial score (nSPS) is 11.0. The van der Waals surface area contributed by atoms with Gasteiger partial charge < -0.3 is 10.1 Å². The van der Waals surface area contributed by atoms with Crippen molar-refractivity contribution in [1.29, 1.82) is 0 Å². The second-order valence-electron chi connectivity index (χ2n) is 6.72. The van der Waals surface area contributed by atoms with Gasteiger partial charge in [-0.3, -0.25) is 9.10 Å². The summed E-state index contributed by atoms with van der Waals surface area (Å²) >= 11 is 0. The summed E-state index contributed by atoms with van der Waals surface area (Å²) in [7, 11) is -2.35. The molecule has 0 saturated carbocycles. The molecule has 0 aromatic heterocycles. The van der Waals surface area contributed by atoms with Gasteiger partial charge in [-0.25, -0.2) is 8.42 Å². The van der Waals surface area contributed by atoms with Crippen LogP contribution in [0, 0.1) is 6.92 Å². The van der Waals surface area contributed by atoms with Crippen molar-refractivity contribution in [2.24, 2.45) is 0 Å². The van der Waals surface area contributed by atoms with Crippen molar-refractivity contribution in [3.05, 3.63) is 90.0 Å². The molecule has 3 rings (SSSR count). The Kier molecular flexibility index (Phi) is 6.74. The number of carbonyl (C=O) groups excluding carboxylic acids is 1. The standard InChI is InChI=1S/C23H24N2O4S/c1-18-12-14-20(15-13-18)30(27,28)25(2)22-11-7-6-10-21(22)23(26)24-16-17-29-19-8-4-3-5-9-19/h3-15H,16-17H2,1-2H3,(H,24,26). The zero-order valence-electron chi connectivity index (χ0n) is 16.9. The van der Waals surface area contributed by atoms with E-state index in [4.69, 9.17) is 4.74 Å². The van der Waals surface area contributed by atoms with Crippen molar-refractivity contribution in [1.82, 2.24) is 5.32 Å². The molecule has 0 fully saturated rings. The monoisotopic (exact) mass is 424 g/mol. The van der Waals surface area contributed by atoms with E-state index >= 15 is 0 Å². The predicted octanol–water partition coefficient (Wildman–Crippen LogP) is 3.63. The van der Waals surface area contributed by atoms with E-state index in [2.05, 4.69) is 5.32 Å². The number of nitrogens with one attached hydrogen (secondary N) is 1. The van der Waals surface area contributed by atoms with Crippen LogP contribution in [0.4, 0.5) is 5.69 Å². The fourth-order valence-electron chi connectivity index (χ4n) is 2.88. The smallest absolute Gasteiger partial charge is 0.264 e. The molecular formula is C23H24N2O4S. The highest BCUT2D eigenvalue weighted by Gasteiger charge is 2.24. The second-order valence-corrected chi connectivity index (χ2v) is 8.69. The molecule has 6 nitrogen and oxygen atoms in total. The lowest BCUT2D eigenvalue weighted by Crippen LogP contribution is -2.32. The highest BCUT2D eigenvalue weighted by atomic mass is 32.2. The van der Waals surface area contributed by atoms with E-state index in [1.807, 2.05) is 37.3 Å². The zero-order valence-corrected chi connectivity index (χ0v) is 17.7. The predicted molar refractivity (Wildman–Crippen MR) is 117 cm³/mol. The molecule has 7 heteroatoms. The van der Waals surface area contributed by atoms with Gasteiger partial charge in [-0.1, -0.05) is 48.0 Å². The van der Waals surface area contributed by atoms with E-state index in [1.165, 1.54) is 7.05 Å². The third kappa shape index (κ3) is 4.99. The van der Waals surface area contributed by atoms with Crippen LogP contribution in [0.15, 0.2) is 83.8 Å². The molecule has 0 atom stereocenters. The summed E-state index contributed by atoms with van der Waals surface area (Å²) in [5, 5.41) is 2.78. The van der Waals surface area contributed by atoms with Crippen LogP contribution >= 0.6 is 0 Å². The molecule has 0 heterocycles. The minimum atomic E-state index is -3.80. The van der Waals surface area contributed by atoms with Crippen molar-refractivity contribution in [2.45, 2.75) is 11.8 Å². The van der Waals surface area contributed by atoms with Crippen molar-refractivity contribution < 1.29 is 17.9 Å². The average molecular weight is 425 g/mol. The Hall–Kier alpha value is -3.32. The highest BCUT2D eigenvalue weighted by Crippen LogP contribution is 2.25. The summed E-state index contributed by atoms with van der Waals surface area (Å²) < 4.78 is 32.7. The summed E-state index contributed by atoms with van der Waals surface area (Å²) in [6.07, 6.45) is 0. The van der Waals surface area contributed by atoms with E-state index in [0.29, 0.717) is 12.3 Å². The van der Waals surface area contributed by atoms with E-state index in [1.54, 1.807) is 48.5 Å². The summed E-state index contributed by atoms with van der Waals surface area (Å²) in [6, 6.07) is 22.5. The highest BCUT2D eigenvalue weighted by molar-refractivity contribution is 7.92. The first-order chi connectivity index (χ1) is 14.4. The fraction of sp³-hybridized carbons (Fsp3) is 0.174. The molecule has 156 valence electrons. The Labute approximate surface area is 177 Å². The maximum absolute atomic E-state index is 13.0. The van der Waals surface area contributed by atoms with Crippen LogP contribution in [0.25, 0.3) is 0 Å². The summed E-state index contributed by atoms with van der Waals surface area (Å²) in [4.78, 5) is 12.9. The Balaban J connectivity index is 1.71. The van der Waals surface area contributed by atoms with Gasteiger partial charge in [-0.2, -0.15) is 0 Å². The van der Waals surface area contributed by atoms with Crippen molar-refractivity contribution in [3.63, 3.8) is 0 Å². The quantitative estimate of drug-likeness (QED) is 0.561. The van der Waals surface area contributed by atoms with E-state index < -0.39 is 10.0 Å². The number of hydrogen-bond donors (Lipinski definition) is 1. The minimum Gasteiger partial charge on any atom is -0.492 e. The maximum Gasteiger partial charge on any atom is 0.264 e. The van der Waals surface area contributed by atoms with Gasteiger partial charge in [-0.15, -0.1) is 0 Å². The lowest BCUT2D eigenvalue weighted by Gasteiger charge is -2.22. The lowest BCUT2D eigenvalue weighted by molar-refractivity contribution is 0.0947. The molecule has 0 spiro atoms. The topological polar surface area (TPSA) is 75.7 Å². The van der Waals surface area contributed by atoms with Crippen LogP contribution in [0.2, 0.25) is 0 Å². The van der Waals surface area contributed by atoms with Crippen molar-refractivity contribution >= 4 is 21.6 Å². The van der Waals surface area contributed by atoms with Crippen LogP contribution in [-0.4, -0.2) is 34.5 Å². The first-order valence-electron chi connectivity index (χ1n) is 9.50. The van der Waals surface area contributed by atoms with Crippen LogP contribution in [0.3, 0.4) is 0 Å². The Bertz CT molecular complexity index is 1100. The molecule has 0 aliphatic carbocycles. The van der Waals surface area contributed by atoms with E-state index in [0.717, 1.165) is 15.6 Å². The molecule has 1 amide bonds. The number of carbonyl (C=O) groups is 1. The van der Waals surface area contributed by atoms with Gasteiger partial charge in [0.1, 0.15) is 12.4 Å². The third-order valence-corrected chi connectivity index (χ3v) is 6.35. The number of nitrogens with zero attached hydrogens (tertiary/aromatic N) is 1. The molecular weight excluding hydrogens is 400 g/mol. The fourth-order valence-corrected chi connectivity index (χ4v) is 4.10. The van der Waals surface area contributed by atoms with Crippen LogP contribution in [0.5, 0.6) is 5.75 Å². The zero-order chi connectivity index (χ0) is 21.6. The Morgan fingerprint density at radius 2 is 1.57 bits per heavy atom. The maximum atomic E-state index is 13.0. The van der Waals surface area contributed by atoms with Gasteiger partial charge in [0.05, 0.1) is 22.7 Å². The van der Waals surface area contributed by atoms with Gasteiger partial charge >= 0.3 is 0 Å². The second kappa shape index (κ2) is 9.45. The largest absolute Gasteiger partial charge is 0.492 e. The summed E-state index contributed by atoms with van der Waals surface area (Å²) in [5.41, 5.74) is 1.55. The molecule has 0 radical (unpaired) electrons. The summed E-state index contributed by atoms with van der Waals surface area (Å²) in [6.45, 7) is 2.48. The number of para-hydroxylation sites is 2. The molecule has 3 aromatic rings. The number of sulfonamides is 1. The van der Waals surface area contributed by atoms with E-state index in [-0.39, 0.29) is 22.9 Å². The van der Waals surface area contributed by atoms with Crippen LogP contribution in [-0.2, 0) is 10.0 Å². The molecule has 0 aliphatic heterocycles. The molecule has 0 unspecified atom stereocenters. The van der Waals surface area contributed by atoms with Crippen molar-refractivity contribution in [3.8, 4) is 5.75 Å². The van der Waals surface area contributed by atoms with Crippen molar-refractivity contribution in [2.75, 3.05) is 24.5 Å². The third-order valence-electron chi connectivity index (χ3n) is 4.57. The Morgan fingerprint density at radius 3 is 2.27 bits per heavy atom. The number of ether oxygens (including phenoxy) is 1. The van der Waals surface area contributed by atoms with E-state index in [9.17, 15) is 13.2 Å². The van der Waals surface area contributed by atoms with Crippen LogP contribution < -0.4 is 14.4 Å². The summed E-state index contributed by atoms with van der Waals surface area (Å²) in [5.74, 6) is 0.351. The van der Waals surface area contributed by atoms with Gasteiger partial charge in [-0.05, 0) is 43.3 Å². The van der Waals surface area contributed by atoms with Gasteiger partial charge in [0.2, 0.25) is 0 Å².